The summed E-state index contributed by atoms with van der Waals surface area (Å²) in [6.45, 7) is 0.752. The number of hydrogen-bond acceptors (Lipinski definition) is 6. The van der Waals surface area contributed by atoms with E-state index in [1.54, 1.807) is 0 Å². The van der Waals surface area contributed by atoms with E-state index in [0.717, 1.165) is 18.4 Å². The molecule has 0 bridgehead atoms. The standard InChI is InChI=1S/C12H18N2O6S/c1-20-5-3-4-13-12(17)11-9(14-21(2,18)19)6-8(15)7-10(11)16/h6-7,14-16H,3-5H2,1-2H3,(H,13,17). The van der Waals surface area contributed by atoms with Crippen molar-refractivity contribution in [2.24, 2.45) is 0 Å². The van der Waals surface area contributed by atoms with Crippen LogP contribution >= 0.6 is 0 Å². The highest BCUT2D eigenvalue weighted by atomic mass is 32.2. The smallest absolute Gasteiger partial charge is 0.257 e. The predicted octanol–water partition coefficient (Wildman–Crippen LogP) is 0.236. The van der Waals surface area contributed by atoms with Crippen LogP contribution in [0.3, 0.4) is 0 Å². The highest BCUT2D eigenvalue weighted by Gasteiger charge is 2.19. The third kappa shape index (κ3) is 5.48. The van der Waals surface area contributed by atoms with Gasteiger partial charge in [-0.2, -0.15) is 0 Å². The van der Waals surface area contributed by atoms with Gasteiger partial charge in [0.25, 0.3) is 5.91 Å². The lowest BCUT2D eigenvalue weighted by Gasteiger charge is -2.13. The zero-order valence-electron chi connectivity index (χ0n) is 11.7. The molecule has 0 aromatic heterocycles. The van der Waals surface area contributed by atoms with Crippen LogP contribution in [0.5, 0.6) is 11.5 Å². The number of anilines is 1. The maximum absolute atomic E-state index is 12.0. The van der Waals surface area contributed by atoms with Gasteiger partial charge in [-0.05, 0) is 6.42 Å². The molecule has 0 radical (unpaired) electrons. The van der Waals surface area contributed by atoms with Gasteiger partial charge in [-0.25, -0.2) is 8.42 Å². The molecule has 0 atom stereocenters. The van der Waals surface area contributed by atoms with Crippen molar-refractivity contribution in [1.29, 1.82) is 0 Å². The Labute approximate surface area is 122 Å². The van der Waals surface area contributed by atoms with E-state index in [9.17, 15) is 23.4 Å². The van der Waals surface area contributed by atoms with Crippen LogP contribution in [0.4, 0.5) is 5.69 Å². The molecule has 0 aliphatic rings. The number of methoxy groups -OCH3 is 1. The van der Waals surface area contributed by atoms with Crippen molar-refractivity contribution >= 4 is 21.6 Å². The van der Waals surface area contributed by atoms with Gasteiger partial charge in [0, 0.05) is 32.4 Å². The molecule has 0 spiro atoms. The van der Waals surface area contributed by atoms with Gasteiger partial charge in [0.1, 0.15) is 17.1 Å². The number of phenolic OH excluding ortho intramolecular Hbond substituents is 2. The minimum absolute atomic E-state index is 0.195. The van der Waals surface area contributed by atoms with Crippen molar-refractivity contribution in [3.63, 3.8) is 0 Å². The van der Waals surface area contributed by atoms with Crippen molar-refractivity contribution in [2.75, 3.05) is 31.2 Å². The Balaban J connectivity index is 3.01. The van der Waals surface area contributed by atoms with E-state index in [4.69, 9.17) is 4.74 Å². The molecule has 0 saturated carbocycles. The normalized spacial score (nSPS) is 11.1. The molecule has 1 aromatic carbocycles. The topological polar surface area (TPSA) is 125 Å². The number of nitrogens with one attached hydrogen (secondary N) is 2. The van der Waals surface area contributed by atoms with Gasteiger partial charge in [-0.1, -0.05) is 0 Å². The van der Waals surface area contributed by atoms with Crippen molar-refractivity contribution < 1.29 is 28.2 Å². The lowest BCUT2D eigenvalue weighted by molar-refractivity contribution is 0.0947. The Morgan fingerprint density at radius 3 is 2.57 bits per heavy atom. The number of sulfonamides is 1. The number of phenols is 2. The summed E-state index contributed by atoms with van der Waals surface area (Å²) in [4.78, 5) is 12.0. The number of benzene rings is 1. The van der Waals surface area contributed by atoms with Crippen LogP contribution in [0.1, 0.15) is 16.8 Å². The fourth-order valence-electron chi connectivity index (χ4n) is 1.64. The highest BCUT2D eigenvalue weighted by Crippen LogP contribution is 2.31. The average Bonchev–Trinajstić information content (AvgIpc) is 2.31. The molecule has 21 heavy (non-hydrogen) atoms. The Morgan fingerprint density at radius 1 is 1.33 bits per heavy atom. The summed E-state index contributed by atoms with van der Waals surface area (Å²) in [5.74, 6) is -1.55. The van der Waals surface area contributed by atoms with E-state index >= 15 is 0 Å². The first kappa shape index (κ1) is 17.1. The molecular weight excluding hydrogens is 300 g/mol. The minimum atomic E-state index is -3.67. The van der Waals surface area contributed by atoms with Crippen LogP contribution < -0.4 is 10.0 Å². The summed E-state index contributed by atoms with van der Waals surface area (Å²) in [5, 5.41) is 21.7. The molecule has 118 valence electrons. The van der Waals surface area contributed by atoms with Gasteiger partial charge >= 0.3 is 0 Å². The number of carbonyl (C=O) groups is 1. The molecule has 0 aliphatic carbocycles. The van der Waals surface area contributed by atoms with Crippen molar-refractivity contribution in [1.82, 2.24) is 5.32 Å². The summed E-state index contributed by atoms with van der Waals surface area (Å²) in [5.41, 5.74) is -0.449. The lowest BCUT2D eigenvalue weighted by Crippen LogP contribution is -2.26. The number of amides is 1. The molecule has 8 nitrogen and oxygen atoms in total. The monoisotopic (exact) mass is 318 g/mol. The average molecular weight is 318 g/mol. The van der Waals surface area contributed by atoms with Crippen LogP contribution in [-0.2, 0) is 14.8 Å². The molecule has 0 saturated heterocycles. The summed E-state index contributed by atoms with van der Waals surface area (Å²) in [6, 6.07) is 2.00. The quantitative estimate of drug-likeness (QED) is 0.534. The van der Waals surface area contributed by atoms with E-state index in [2.05, 4.69) is 10.0 Å². The second-order valence-corrected chi connectivity index (χ2v) is 6.11. The number of ether oxygens (including phenoxy) is 1. The van der Waals surface area contributed by atoms with E-state index in [1.807, 2.05) is 0 Å². The Hall–Kier alpha value is -2.00. The third-order valence-corrected chi connectivity index (χ3v) is 3.03. The van der Waals surface area contributed by atoms with Crippen LogP contribution in [0.2, 0.25) is 0 Å². The Morgan fingerprint density at radius 2 is 2.00 bits per heavy atom. The molecule has 0 unspecified atom stereocenters. The SMILES string of the molecule is COCCCNC(=O)c1c(O)cc(O)cc1NS(C)(=O)=O. The van der Waals surface area contributed by atoms with Gasteiger partial charge in [-0.3, -0.25) is 9.52 Å². The van der Waals surface area contributed by atoms with E-state index in [0.29, 0.717) is 19.6 Å². The molecular formula is C12H18N2O6S. The lowest BCUT2D eigenvalue weighted by atomic mass is 10.1. The Bertz CT molecular complexity index is 614. The predicted molar refractivity (Wildman–Crippen MR) is 77.1 cm³/mol. The number of rotatable bonds is 7. The second-order valence-electron chi connectivity index (χ2n) is 4.36. The van der Waals surface area contributed by atoms with Gasteiger partial charge in [-0.15, -0.1) is 0 Å². The fraction of sp³-hybridized carbons (Fsp3) is 0.417. The summed E-state index contributed by atoms with van der Waals surface area (Å²) in [7, 11) is -2.14. The first-order chi connectivity index (χ1) is 9.74. The summed E-state index contributed by atoms with van der Waals surface area (Å²) < 4.78 is 29.5. The zero-order valence-corrected chi connectivity index (χ0v) is 12.5. The van der Waals surface area contributed by atoms with Crippen LogP contribution in [0, 0.1) is 0 Å². The minimum Gasteiger partial charge on any atom is -0.508 e. The van der Waals surface area contributed by atoms with Gasteiger partial charge < -0.3 is 20.3 Å². The van der Waals surface area contributed by atoms with Gasteiger partial charge in [0.15, 0.2) is 0 Å². The molecule has 9 heteroatoms. The second kappa shape index (κ2) is 7.14. The zero-order chi connectivity index (χ0) is 16.0. The van der Waals surface area contributed by atoms with Crippen LogP contribution in [-0.4, -0.2) is 51.1 Å². The first-order valence-electron chi connectivity index (χ1n) is 6.05. The summed E-state index contributed by atoms with van der Waals surface area (Å²) in [6.07, 6.45) is 1.46. The van der Waals surface area contributed by atoms with Crippen LogP contribution in [0.15, 0.2) is 12.1 Å². The van der Waals surface area contributed by atoms with Gasteiger partial charge in [0.2, 0.25) is 10.0 Å². The number of carbonyl (C=O) groups excluding carboxylic acids is 1. The largest absolute Gasteiger partial charge is 0.508 e. The fourth-order valence-corrected chi connectivity index (χ4v) is 2.20. The number of aromatic hydroxyl groups is 2. The molecule has 1 aromatic rings. The van der Waals surface area contributed by atoms with E-state index < -0.39 is 21.7 Å². The van der Waals surface area contributed by atoms with Crippen molar-refractivity contribution in [3.8, 4) is 11.5 Å². The molecule has 0 fully saturated rings. The number of hydrogen-bond donors (Lipinski definition) is 4. The molecule has 1 rings (SSSR count). The molecule has 4 N–H and O–H groups in total. The highest BCUT2D eigenvalue weighted by molar-refractivity contribution is 7.92. The maximum atomic E-state index is 12.0. The molecule has 0 aliphatic heterocycles. The van der Waals surface area contributed by atoms with E-state index in [-0.39, 0.29) is 17.0 Å². The Kier molecular flexibility index (Phi) is 5.79. The third-order valence-electron chi connectivity index (χ3n) is 2.44. The van der Waals surface area contributed by atoms with Crippen molar-refractivity contribution in [3.05, 3.63) is 17.7 Å². The maximum Gasteiger partial charge on any atom is 0.257 e. The first-order valence-corrected chi connectivity index (χ1v) is 7.94. The summed E-state index contributed by atoms with van der Waals surface area (Å²) >= 11 is 0. The molecule has 1 amide bonds. The van der Waals surface area contributed by atoms with E-state index in [1.165, 1.54) is 7.11 Å². The molecule has 0 heterocycles. The van der Waals surface area contributed by atoms with Gasteiger partial charge in [0.05, 0.1) is 11.9 Å². The van der Waals surface area contributed by atoms with Crippen molar-refractivity contribution in [2.45, 2.75) is 6.42 Å². The van der Waals surface area contributed by atoms with Crippen LogP contribution in [0.25, 0.3) is 0 Å².